The molecule has 0 saturated heterocycles. The van der Waals surface area contributed by atoms with Crippen LogP contribution in [0.15, 0.2) is 40.9 Å². The second kappa shape index (κ2) is 5.45. The highest BCUT2D eigenvalue weighted by Gasteiger charge is 2.09. The van der Waals surface area contributed by atoms with E-state index in [0.717, 1.165) is 21.3 Å². The molecule has 4 heteroatoms. The second-order valence-electron chi connectivity index (χ2n) is 4.41. The van der Waals surface area contributed by atoms with Crippen molar-refractivity contribution in [1.82, 2.24) is 0 Å². The highest BCUT2D eigenvalue weighted by Crippen LogP contribution is 2.22. The smallest absolute Gasteiger partial charge is 0.255 e. The molecule has 2 N–H and O–H groups in total. The maximum Gasteiger partial charge on any atom is 0.255 e. The minimum atomic E-state index is -0.235. The number of aryl methyl sites for hydroxylation is 2. The molecule has 0 aromatic heterocycles. The summed E-state index contributed by atoms with van der Waals surface area (Å²) in [4.78, 5) is 12.1. The average molecular weight is 320 g/mol. The van der Waals surface area contributed by atoms with Crippen LogP contribution in [0.4, 0.5) is 5.69 Å². The van der Waals surface area contributed by atoms with E-state index in [1.807, 2.05) is 25.1 Å². The number of aromatic hydroxyl groups is 1. The number of carbonyl (C=O) groups is 1. The first-order valence-corrected chi connectivity index (χ1v) is 6.64. The molecule has 0 bridgehead atoms. The molecule has 0 heterocycles. The number of carbonyl (C=O) groups excluding carboxylic acids is 1. The summed E-state index contributed by atoms with van der Waals surface area (Å²) in [6, 6.07) is 10.5. The summed E-state index contributed by atoms with van der Waals surface area (Å²) >= 11 is 3.38. The monoisotopic (exact) mass is 319 g/mol. The summed E-state index contributed by atoms with van der Waals surface area (Å²) in [6.45, 7) is 3.71. The lowest BCUT2D eigenvalue weighted by atomic mass is 10.1. The molecule has 0 fully saturated rings. The number of rotatable bonds is 2. The number of phenolic OH excluding ortho intramolecular Hbond substituents is 1. The molecule has 0 aliphatic heterocycles. The quantitative estimate of drug-likeness (QED) is 0.878. The van der Waals surface area contributed by atoms with E-state index in [2.05, 4.69) is 21.2 Å². The van der Waals surface area contributed by atoms with Crippen LogP contribution in [0.25, 0.3) is 0 Å². The van der Waals surface area contributed by atoms with E-state index < -0.39 is 0 Å². The van der Waals surface area contributed by atoms with Crippen LogP contribution in [-0.4, -0.2) is 11.0 Å². The molecular formula is C15H14BrNO2. The predicted octanol–water partition coefficient (Wildman–Crippen LogP) is 4.02. The largest absolute Gasteiger partial charge is 0.508 e. The Morgan fingerprint density at radius 3 is 2.47 bits per heavy atom. The Hall–Kier alpha value is -1.81. The van der Waals surface area contributed by atoms with Gasteiger partial charge in [0.15, 0.2) is 0 Å². The Morgan fingerprint density at radius 2 is 1.84 bits per heavy atom. The van der Waals surface area contributed by atoms with E-state index in [9.17, 15) is 9.90 Å². The van der Waals surface area contributed by atoms with Gasteiger partial charge in [0.2, 0.25) is 0 Å². The van der Waals surface area contributed by atoms with Gasteiger partial charge in [-0.15, -0.1) is 0 Å². The summed E-state index contributed by atoms with van der Waals surface area (Å²) in [7, 11) is 0. The third kappa shape index (κ3) is 3.15. The maximum atomic E-state index is 12.1. The van der Waals surface area contributed by atoms with Gasteiger partial charge in [-0.05, 0) is 55.3 Å². The molecule has 19 heavy (non-hydrogen) atoms. The van der Waals surface area contributed by atoms with E-state index >= 15 is 0 Å². The van der Waals surface area contributed by atoms with Gasteiger partial charge in [0, 0.05) is 15.7 Å². The highest BCUT2D eigenvalue weighted by molar-refractivity contribution is 9.10. The third-order valence-corrected chi connectivity index (χ3v) is 3.40. The van der Waals surface area contributed by atoms with Gasteiger partial charge in [-0.2, -0.15) is 0 Å². The van der Waals surface area contributed by atoms with Crippen LogP contribution < -0.4 is 5.32 Å². The van der Waals surface area contributed by atoms with E-state index in [1.54, 1.807) is 19.1 Å². The summed E-state index contributed by atoms with van der Waals surface area (Å²) in [5.41, 5.74) is 2.91. The number of nitrogens with one attached hydrogen (secondary N) is 1. The van der Waals surface area contributed by atoms with Crippen molar-refractivity contribution in [3.05, 3.63) is 57.6 Å². The maximum absolute atomic E-state index is 12.1. The Balaban J connectivity index is 2.23. The van der Waals surface area contributed by atoms with Crippen LogP contribution in [0.1, 0.15) is 21.5 Å². The molecule has 0 unspecified atom stereocenters. The summed E-state index contributed by atoms with van der Waals surface area (Å²) in [6.07, 6.45) is 0. The van der Waals surface area contributed by atoms with Crippen LogP contribution >= 0.6 is 15.9 Å². The zero-order valence-electron chi connectivity index (χ0n) is 10.7. The van der Waals surface area contributed by atoms with Crippen molar-refractivity contribution in [1.29, 1.82) is 0 Å². The fraction of sp³-hybridized carbons (Fsp3) is 0.133. The molecule has 0 aliphatic carbocycles. The second-order valence-corrected chi connectivity index (χ2v) is 5.33. The SMILES string of the molecule is Cc1ccc(C(=O)Nc2ccc(Br)cc2C)cc1O. The van der Waals surface area contributed by atoms with Gasteiger partial charge in [-0.3, -0.25) is 4.79 Å². The molecule has 0 spiro atoms. The molecular weight excluding hydrogens is 306 g/mol. The first kappa shape index (κ1) is 13.6. The van der Waals surface area contributed by atoms with E-state index in [0.29, 0.717) is 5.56 Å². The molecule has 0 aliphatic rings. The Morgan fingerprint density at radius 1 is 1.11 bits per heavy atom. The average Bonchev–Trinajstić information content (AvgIpc) is 2.36. The molecule has 0 saturated carbocycles. The molecule has 2 aromatic carbocycles. The number of hydrogen-bond donors (Lipinski definition) is 2. The normalized spacial score (nSPS) is 10.3. The lowest BCUT2D eigenvalue weighted by Gasteiger charge is -2.09. The predicted molar refractivity (Wildman–Crippen MR) is 79.7 cm³/mol. The van der Waals surface area contributed by atoms with Crippen molar-refractivity contribution in [2.45, 2.75) is 13.8 Å². The zero-order valence-corrected chi connectivity index (χ0v) is 12.3. The van der Waals surface area contributed by atoms with Gasteiger partial charge in [0.1, 0.15) is 5.75 Å². The van der Waals surface area contributed by atoms with Gasteiger partial charge in [-0.1, -0.05) is 22.0 Å². The lowest BCUT2D eigenvalue weighted by molar-refractivity contribution is 0.102. The zero-order chi connectivity index (χ0) is 14.0. The number of hydrogen-bond acceptors (Lipinski definition) is 2. The molecule has 98 valence electrons. The number of phenols is 1. The number of amides is 1. The molecule has 0 atom stereocenters. The van der Waals surface area contributed by atoms with Crippen molar-refractivity contribution in [3.8, 4) is 5.75 Å². The topological polar surface area (TPSA) is 49.3 Å². The van der Waals surface area contributed by atoms with Gasteiger partial charge in [0.05, 0.1) is 0 Å². The summed E-state index contributed by atoms with van der Waals surface area (Å²) in [5.74, 6) is -0.110. The van der Waals surface area contributed by atoms with E-state index in [1.165, 1.54) is 6.07 Å². The fourth-order valence-electron chi connectivity index (χ4n) is 1.71. The van der Waals surface area contributed by atoms with Crippen molar-refractivity contribution in [2.75, 3.05) is 5.32 Å². The van der Waals surface area contributed by atoms with Crippen LogP contribution in [0.3, 0.4) is 0 Å². The van der Waals surface area contributed by atoms with Gasteiger partial charge in [0.25, 0.3) is 5.91 Å². The highest BCUT2D eigenvalue weighted by atomic mass is 79.9. The standard InChI is InChI=1S/C15H14BrNO2/c1-9-3-4-11(8-14(9)18)15(19)17-13-6-5-12(16)7-10(13)2/h3-8,18H,1-2H3,(H,17,19). The first-order valence-electron chi connectivity index (χ1n) is 5.84. The number of halogens is 1. The number of benzene rings is 2. The molecule has 3 nitrogen and oxygen atoms in total. The number of anilines is 1. The van der Waals surface area contributed by atoms with Crippen molar-refractivity contribution in [2.24, 2.45) is 0 Å². The van der Waals surface area contributed by atoms with Crippen LogP contribution in [0, 0.1) is 13.8 Å². The van der Waals surface area contributed by atoms with Crippen molar-refractivity contribution in [3.63, 3.8) is 0 Å². The van der Waals surface area contributed by atoms with Crippen LogP contribution in [0.5, 0.6) is 5.75 Å². The fourth-order valence-corrected chi connectivity index (χ4v) is 2.19. The lowest BCUT2D eigenvalue weighted by Crippen LogP contribution is -2.12. The van der Waals surface area contributed by atoms with Gasteiger partial charge in [-0.25, -0.2) is 0 Å². The van der Waals surface area contributed by atoms with Gasteiger partial charge >= 0.3 is 0 Å². The summed E-state index contributed by atoms with van der Waals surface area (Å²) in [5, 5.41) is 12.4. The molecule has 1 amide bonds. The van der Waals surface area contributed by atoms with Crippen LogP contribution in [0.2, 0.25) is 0 Å². The minimum absolute atomic E-state index is 0.125. The van der Waals surface area contributed by atoms with Crippen molar-refractivity contribution >= 4 is 27.5 Å². The Kier molecular flexibility index (Phi) is 3.90. The Labute approximate surface area is 120 Å². The van der Waals surface area contributed by atoms with Crippen LogP contribution in [-0.2, 0) is 0 Å². The molecule has 2 aromatic rings. The molecule has 2 rings (SSSR count). The van der Waals surface area contributed by atoms with E-state index in [-0.39, 0.29) is 11.7 Å². The molecule has 0 radical (unpaired) electrons. The summed E-state index contributed by atoms with van der Waals surface area (Å²) < 4.78 is 0.968. The minimum Gasteiger partial charge on any atom is -0.508 e. The Bertz CT molecular complexity index is 638. The first-order chi connectivity index (χ1) is 8.97. The van der Waals surface area contributed by atoms with E-state index in [4.69, 9.17) is 0 Å². The van der Waals surface area contributed by atoms with Crippen molar-refractivity contribution < 1.29 is 9.90 Å². The third-order valence-electron chi connectivity index (χ3n) is 2.91. The van der Waals surface area contributed by atoms with Gasteiger partial charge < -0.3 is 10.4 Å².